The van der Waals surface area contributed by atoms with Crippen LogP contribution in [0.3, 0.4) is 0 Å². The van der Waals surface area contributed by atoms with E-state index in [9.17, 15) is 0 Å². The van der Waals surface area contributed by atoms with Crippen LogP contribution in [0, 0.1) is 5.92 Å². The maximum atomic E-state index is 6.06. The van der Waals surface area contributed by atoms with Gasteiger partial charge in [0.1, 0.15) is 5.75 Å². The van der Waals surface area contributed by atoms with Gasteiger partial charge in [0.25, 0.3) is 0 Å². The van der Waals surface area contributed by atoms with Crippen LogP contribution in [0.4, 0.5) is 0 Å². The predicted octanol–water partition coefficient (Wildman–Crippen LogP) is 2.63. The van der Waals surface area contributed by atoms with Crippen molar-refractivity contribution < 1.29 is 9.47 Å². The first kappa shape index (κ1) is 22.5. The van der Waals surface area contributed by atoms with E-state index in [0.717, 1.165) is 58.2 Å². The fourth-order valence-corrected chi connectivity index (χ4v) is 3.04. The third kappa shape index (κ3) is 8.07. The van der Waals surface area contributed by atoms with Crippen molar-refractivity contribution >= 4 is 5.96 Å². The number of nitrogens with zero attached hydrogens (tertiary/aromatic N) is 2. The second-order valence-corrected chi connectivity index (χ2v) is 8.55. The van der Waals surface area contributed by atoms with Crippen molar-refractivity contribution in [1.82, 2.24) is 10.2 Å². The number of ether oxygens (including phenoxy) is 2. The highest BCUT2D eigenvalue weighted by molar-refractivity contribution is 5.77. The SMILES string of the molecule is CC(C)COc1ccc(C(C)(C)CN=C(N)NCCCN2CCOCC2)cc1. The van der Waals surface area contributed by atoms with E-state index in [-0.39, 0.29) is 5.41 Å². The Kier molecular flexibility index (Phi) is 9.06. The van der Waals surface area contributed by atoms with E-state index in [1.807, 2.05) is 12.1 Å². The van der Waals surface area contributed by atoms with Crippen LogP contribution in [0.5, 0.6) is 5.75 Å². The molecule has 0 radical (unpaired) electrons. The molecule has 1 heterocycles. The van der Waals surface area contributed by atoms with Crippen LogP contribution in [0.1, 0.15) is 39.7 Å². The van der Waals surface area contributed by atoms with Gasteiger partial charge < -0.3 is 20.5 Å². The van der Waals surface area contributed by atoms with Gasteiger partial charge in [-0.2, -0.15) is 0 Å². The number of rotatable bonds is 10. The van der Waals surface area contributed by atoms with E-state index in [4.69, 9.17) is 15.2 Å². The van der Waals surface area contributed by atoms with Crippen LogP contribution in [0.2, 0.25) is 0 Å². The Labute approximate surface area is 170 Å². The molecule has 1 fully saturated rings. The summed E-state index contributed by atoms with van der Waals surface area (Å²) < 4.78 is 11.1. The van der Waals surface area contributed by atoms with Gasteiger partial charge in [-0.1, -0.05) is 39.8 Å². The quantitative estimate of drug-likeness (QED) is 0.365. The number of aliphatic imine (C=N–C) groups is 1. The summed E-state index contributed by atoms with van der Waals surface area (Å²) in [6.07, 6.45) is 1.05. The largest absolute Gasteiger partial charge is 0.493 e. The van der Waals surface area contributed by atoms with E-state index in [1.54, 1.807) is 0 Å². The van der Waals surface area contributed by atoms with Gasteiger partial charge in [-0.3, -0.25) is 9.89 Å². The molecule has 1 aliphatic rings. The second-order valence-electron chi connectivity index (χ2n) is 8.55. The molecule has 1 aliphatic heterocycles. The maximum absolute atomic E-state index is 6.06. The minimum atomic E-state index is -0.0866. The van der Waals surface area contributed by atoms with Crippen LogP contribution >= 0.6 is 0 Å². The first-order chi connectivity index (χ1) is 13.4. The lowest BCUT2D eigenvalue weighted by molar-refractivity contribution is 0.0376. The lowest BCUT2D eigenvalue weighted by atomic mass is 9.85. The normalized spacial score (nSPS) is 16.4. The van der Waals surface area contributed by atoms with Crippen LogP contribution in [0.25, 0.3) is 0 Å². The van der Waals surface area contributed by atoms with Crippen molar-refractivity contribution in [3.05, 3.63) is 29.8 Å². The van der Waals surface area contributed by atoms with E-state index < -0.39 is 0 Å². The zero-order chi connectivity index (χ0) is 20.4. The monoisotopic (exact) mass is 390 g/mol. The molecule has 1 aromatic rings. The average Bonchev–Trinajstić information content (AvgIpc) is 2.69. The topological polar surface area (TPSA) is 72.1 Å². The van der Waals surface area contributed by atoms with Gasteiger partial charge in [-0.05, 0) is 36.6 Å². The summed E-state index contributed by atoms with van der Waals surface area (Å²) in [7, 11) is 0. The lowest BCUT2D eigenvalue weighted by Crippen LogP contribution is -2.39. The highest BCUT2D eigenvalue weighted by Gasteiger charge is 2.20. The van der Waals surface area contributed by atoms with Crippen molar-refractivity contribution in [2.75, 3.05) is 52.5 Å². The third-order valence-corrected chi connectivity index (χ3v) is 4.92. The number of nitrogens with one attached hydrogen (secondary N) is 1. The molecule has 0 spiro atoms. The van der Waals surface area contributed by atoms with Crippen LogP contribution in [0.15, 0.2) is 29.3 Å². The molecule has 0 unspecified atom stereocenters. The highest BCUT2D eigenvalue weighted by atomic mass is 16.5. The Bertz CT molecular complexity index is 593. The molecule has 28 heavy (non-hydrogen) atoms. The van der Waals surface area contributed by atoms with E-state index in [1.165, 1.54) is 5.56 Å². The molecule has 6 nitrogen and oxygen atoms in total. The minimum absolute atomic E-state index is 0.0866. The maximum Gasteiger partial charge on any atom is 0.188 e. The number of hydrogen-bond donors (Lipinski definition) is 2. The summed E-state index contributed by atoms with van der Waals surface area (Å²) in [6.45, 7) is 15.7. The van der Waals surface area contributed by atoms with Gasteiger partial charge in [0.15, 0.2) is 5.96 Å². The highest BCUT2D eigenvalue weighted by Crippen LogP contribution is 2.25. The van der Waals surface area contributed by atoms with E-state index >= 15 is 0 Å². The molecule has 0 bridgehead atoms. The van der Waals surface area contributed by atoms with Crippen LogP contribution < -0.4 is 15.8 Å². The molecule has 3 N–H and O–H groups in total. The van der Waals surface area contributed by atoms with Gasteiger partial charge in [0, 0.05) is 25.0 Å². The van der Waals surface area contributed by atoms with Crippen molar-refractivity contribution in [2.45, 2.75) is 39.5 Å². The van der Waals surface area contributed by atoms with E-state index in [2.05, 4.69) is 55.0 Å². The standard InChI is InChI=1S/C22H38N4O2/c1-18(2)16-28-20-8-6-19(7-9-20)22(3,4)17-25-21(23)24-10-5-11-26-12-14-27-15-13-26/h6-9,18H,5,10-17H2,1-4H3,(H3,23,24,25). The first-order valence-corrected chi connectivity index (χ1v) is 10.4. The second kappa shape index (κ2) is 11.3. The summed E-state index contributed by atoms with van der Waals surface area (Å²) in [5.74, 6) is 1.96. The Balaban J connectivity index is 1.73. The summed E-state index contributed by atoms with van der Waals surface area (Å²) in [4.78, 5) is 6.98. The van der Waals surface area contributed by atoms with Gasteiger partial charge in [0.05, 0.1) is 26.4 Å². The molecule has 0 atom stereocenters. The molecule has 2 rings (SSSR count). The Morgan fingerprint density at radius 2 is 1.93 bits per heavy atom. The number of guanidine groups is 1. The number of hydrogen-bond acceptors (Lipinski definition) is 4. The van der Waals surface area contributed by atoms with Crippen molar-refractivity contribution in [1.29, 1.82) is 0 Å². The van der Waals surface area contributed by atoms with E-state index in [0.29, 0.717) is 18.4 Å². The molecule has 0 saturated carbocycles. The average molecular weight is 391 g/mol. The fraction of sp³-hybridized carbons (Fsp3) is 0.682. The van der Waals surface area contributed by atoms with Gasteiger partial charge in [-0.25, -0.2) is 0 Å². The smallest absolute Gasteiger partial charge is 0.188 e. The fourth-order valence-electron chi connectivity index (χ4n) is 3.04. The Hall–Kier alpha value is -1.79. The lowest BCUT2D eigenvalue weighted by Gasteiger charge is -2.26. The van der Waals surface area contributed by atoms with Gasteiger partial charge in [0.2, 0.25) is 0 Å². The molecule has 1 aromatic carbocycles. The summed E-state index contributed by atoms with van der Waals surface area (Å²) in [6, 6.07) is 8.32. The Morgan fingerprint density at radius 1 is 1.25 bits per heavy atom. The molecular weight excluding hydrogens is 352 g/mol. The Morgan fingerprint density at radius 3 is 2.57 bits per heavy atom. The third-order valence-electron chi connectivity index (χ3n) is 4.92. The number of benzene rings is 1. The van der Waals surface area contributed by atoms with Crippen LogP contribution in [-0.4, -0.2) is 63.4 Å². The number of morpholine rings is 1. The van der Waals surface area contributed by atoms with Gasteiger partial charge >= 0.3 is 0 Å². The van der Waals surface area contributed by atoms with Crippen molar-refractivity contribution in [3.63, 3.8) is 0 Å². The molecule has 0 aliphatic carbocycles. The van der Waals surface area contributed by atoms with Crippen molar-refractivity contribution in [3.8, 4) is 5.75 Å². The molecular formula is C22H38N4O2. The zero-order valence-corrected chi connectivity index (χ0v) is 18.0. The zero-order valence-electron chi connectivity index (χ0n) is 18.0. The first-order valence-electron chi connectivity index (χ1n) is 10.4. The summed E-state index contributed by atoms with van der Waals surface area (Å²) >= 11 is 0. The summed E-state index contributed by atoms with van der Waals surface area (Å²) in [5, 5.41) is 3.23. The molecule has 158 valence electrons. The molecule has 1 saturated heterocycles. The van der Waals surface area contributed by atoms with Gasteiger partial charge in [-0.15, -0.1) is 0 Å². The minimum Gasteiger partial charge on any atom is -0.493 e. The van der Waals surface area contributed by atoms with Crippen LogP contribution in [-0.2, 0) is 10.2 Å². The molecule has 0 aromatic heterocycles. The molecule has 0 amide bonds. The molecule has 6 heteroatoms. The summed E-state index contributed by atoms with van der Waals surface area (Å²) in [5.41, 5.74) is 7.20. The van der Waals surface area contributed by atoms with Crippen molar-refractivity contribution in [2.24, 2.45) is 16.6 Å². The number of nitrogens with two attached hydrogens (primary N) is 1. The predicted molar refractivity (Wildman–Crippen MR) is 116 cm³/mol.